The number of nitrogens with zero attached hydrogens (tertiary/aromatic N) is 1. The SMILES string of the molecule is CC(C)C1CCC(c2ccccc2)=N1. The van der Waals surface area contributed by atoms with Crippen molar-refractivity contribution in [3.05, 3.63) is 35.9 Å². The van der Waals surface area contributed by atoms with E-state index in [-0.39, 0.29) is 0 Å². The lowest BCUT2D eigenvalue weighted by molar-refractivity contribution is 0.494. The van der Waals surface area contributed by atoms with Crippen LogP contribution in [-0.4, -0.2) is 11.8 Å². The molecule has 14 heavy (non-hydrogen) atoms. The lowest BCUT2D eigenvalue weighted by Gasteiger charge is -2.08. The fourth-order valence-electron chi connectivity index (χ4n) is 1.95. The average molecular weight is 187 g/mol. The summed E-state index contributed by atoms with van der Waals surface area (Å²) in [5.74, 6) is 0.677. The van der Waals surface area contributed by atoms with Crippen LogP contribution in [0.1, 0.15) is 32.3 Å². The standard InChI is InChI=1S/C13H17N/c1-10(2)12-8-9-13(14-12)11-6-4-3-5-7-11/h3-7,10,12H,8-9H2,1-2H3. The first-order valence-electron chi connectivity index (χ1n) is 5.39. The molecular formula is C13H17N. The van der Waals surface area contributed by atoms with Gasteiger partial charge in [-0.15, -0.1) is 0 Å². The molecule has 74 valence electrons. The minimum atomic E-state index is 0.546. The molecule has 1 atom stereocenters. The van der Waals surface area contributed by atoms with E-state index in [1.807, 2.05) is 0 Å². The second-order valence-electron chi connectivity index (χ2n) is 4.29. The zero-order valence-electron chi connectivity index (χ0n) is 8.90. The molecule has 1 aromatic carbocycles. The van der Waals surface area contributed by atoms with E-state index in [9.17, 15) is 0 Å². The van der Waals surface area contributed by atoms with Crippen LogP contribution in [0.25, 0.3) is 0 Å². The third kappa shape index (κ3) is 1.87. The minimum absolute atomic E-state index is 0.546. The van der Waals surface area contributed by atoms with Gasteiger partial charge in [-0.2, -0.15) is 0 Å². The highest BCUT2D eigenvalue weighted by molar-refractivity contribution is 6.01. The molecule has 0 aromatic heterocycles. The third-order valence-corrected chi connectivity index (χ3v) is 2.88. The average Bonchev–Trinajstić information content (AvgIpc) is 2.68. The molecule has 1 heterocycles. The summed E-state index contributed by atoms with van der Waals surface area (Å²) in [6.07, 6.45) is 2.37. The maximum Gasteiger partial charge on any atom is 0.0529 e. The van der Waals surface area contributed by atoms with Crippen LogP contribution in [0.2, 0.25) is 0 Å². The molecule has 1 heteroatoms. The second-order valence-corrected chi connectivity index (χ2v) is 4.29. The summed E-state index contributed by atoms with van der Waals surface area (Å²) >= 11 is 0. The molecule has 0 amide bonds. The maximum absolute atomic E-state index is 4.77. The van der Waals surface area contributed by atoms with Crippen molar-refractivity contribution in [1.82, 2.24) is 0 Å². The molecule has 0 fully saturated rings. The molecule has 1 unspecified atom stereocenters. The van der Waals surface area contributed by atoms with Crippen molar-refractivity contribution < 1.29 is 0 Å². The first-order valence-corrected chi connectivity index (χ1v) is 5.39. The van der Waals surface area contributed by atoms with Crippen LogP contribution in [0.5, 0.6) is 0 Å². The van der Waals surface area contributed by atoms with Crippen molar-refractivity contribution in [2.45, 2.75) is 32.7 Å². The van der Waals surface area contributed by atoms with Crippen molar-refractivity contribution in [2.24, 2.45) is 10.9 Å². The van der Waals surface area contributed by atoms with Gasteiger partial charge in [-0.3, -0.25) is 4.99 Å². The summed E-state index contributed by atoms with van der Waals surface area (Å²) in [6.45, 7) is 4.50. The molecular weight excluding hydrogens is 170 g/mol. The number of benzene rings is 1. The van der Waals surface area contributed by atoms with Crippen molar-refractivity contribution in [3.8, 4) is 0 Å². The highest BCUT2D eigenvalue weighted by Gasteiger charge is 2.20. The van der Waals surface area contributed by atoms with Crippen LogP contribution >= 0.6 is 0 Å². The van der Waals surface area contributed by atoms with Crippen molar-refractivity contribution in [3.63, 3.8) is 0 Å². The Labute approximate surface area is 85.9 Å². The monoisotopic (exact) mass is 187 g/mol. The van der Waals surface area contributed by atoms with Gasteiger partial charge in [0.2, 0.25) is 0 Å². The number of aliphatic imine (C=N–C) groups is 1. The first kappa shape index (κ1) is 9.45. The van der Waals surface area contributed by atoms with Crippen LogP contribution in [0.15, 0.2) is 35.3 Å². The van der Waals surface area contributed by atoms with Crippen molar-refractivity contribution in [2.75, 3.05) is 0 Å². The van der Waals surface area contributed by atoms with E-state index in [4.69, 9.17) is 4.99 Å². The molecule has 1 aliphatic heterocycles. The predicted molar refractivity (Wildman–Crippen MR) is 60.8 cm³/mol. The molecule has 0 saturated carbocycles. The molecule has 0 spiro atoms. The Morgan fingerprint density at radius 3 is 2.50 bits per heavy atom. The lowest BCUT2D eigenvalue weighted by atomic mass is 10.0. The van der Waals surface area contributed by atoms with Crippen LogP contribution in [0.4, 0.5) is 0 Å². The Hall–Kier alpha value is -1.11. The molecule has 1 aromatic rings. The van der Waals surface area contributed by atoms with E-state index in [1.165, 1.54) is 17.7 Å². The zero-order chi connectivity index (χ0) is 9.97. The molecule has 0 aliphatic carbocycles. The van der Waals surface area contributed by atoms with E-state index in [1.54, 1.807) is 0 Å². The van der Waals surface area contributed by atoms with E-state index < -0.39 is 0 Å². The molecule has 2 rings (SSSR count). The van der Waals surface area contributed by atoms with Gasteiger partial charge in [0.25, 0.3) is 0 Å². The summed E-state index contributed by atoms with van der Waals surface area (Å²) in [5.41, 5.74) is 2.60. The second kappa shape index (κ2) is 3.95. The molecule has 0 saturated heterocycles. The Balaban J connectivity index is 2.18. The molecule has 0 N–H and O–H groups in total. The largest absolute Gasteiger partial charge is 0.286 e. The Morgan fingerprint density at radius 1 is 1.21 bits per heavy atom. The molecule has 0 radical (unpaired) electrons. The van der Waals surface area contributed by atoms with Crippen LogP contribution < -0.4 is 0 Å². The van der Waals surface area contributed by atoms with Crippen LogP contribution in [0.3, 0.4) is 0 Å². The van der Waals surface area contributed by atoms with E-state index in [0.29, 0.717) is 12.0 Å². The Morgan fingerprint density at radius 2 is 1.93 bits per heavy atom. The number of hydrogen-bond donors (Lipinski definition) is 0. The van der Waals surface area contributed by atoms with E-state index in [2.05, 4.69) is 44.2 Å². The van der Waals surface area contributed by atoms with Gasteiger partial charge < -0.3 is 0 Å². The molecule has 1 aliphatic rings. The number of rotatable bonds is 2. The fourth-order valence-corrected chi connectivity index (χ4v) is 1.95. The van der Waals surface area contributed by atoms with Gasteiger partial charge in [0.1, 0.15) is 0 Å². The topological polar surface area (TPSA) is 12.4 Å². The van der Waals surface area contributed by atoms with Gasteiger partial charge in [0.05, 0.1) is 6.04 Å². The van der Waals surface area contributed by atoms with Crippen molar-refractivity contribution in [1.29, 1.82) is 0 Å². The minimum Gasteiger partial charge on any atom is -0.286 e. The lowest BCUT2D eigenvalue weighted by Crippen LogP contribution is -2.07. The third-order valence-electron chi connectivity index (χ3n) is 2.88. The van der Waals surface area contributed by atoms with Gasteiger partial charge in [0, 0.05) is 5.71 Å². The van der Waals surface area contributed by atoms with Gasteiger partial charge in [-0.05, 0) is 24.3 Å². The summed E-state index contributed by atoms with van der Waals surface area (Å²) in [4.78, 5) is 4.77. The van der Waals surface area contributed by atoms with Crippen molar-refractivity contribution >= 4 is 5.71 Å². The van der Waals surface area contributed by atoms with Gasteiger partial charge in [-0.25, -0.2) is 0 Å². The van der Waals surface area contributed by atoms with E-state index >= 15 is 0 Å². The van der Waals surface area contributed by atoms with Gasteiger partial charge >= 0.3 is 0 Å². The highest BCUT2D eigenvalue weighted by atomic mass is 14.8. The first-order chi connectivity index (χ1) is 6.77. The Bertz CT molecular complexity index is 324. The summed E-state index contributed by atoms with van der Waals surface area (Å²) in [5, 5.41) is 0. The summed E-state index contributed by atoms with van der Waals surface area (Å²) < 4.78 is 0. The normalized spacial score (nSPS) is 21.4. The zero-order valence-corrected chi connectivity index (χ0v) is 8.90. The van der Waals surface area contributed by atoms with Gasteiger partial charge in [0.15, 0.2) is 0 Å². The predicted octanol–water partition coefficient (Wildman–Crippen LogP) is 3.29. The van der Waals surface area contributed by atoms with Crippen LogP contribution in [-0.2, 0) is 0 Å². The quantitative estimate of drug-likeness (QED) is 0.673. The number of hydrogen-bond acceptors (Lipinski definition) is 1. The summed E-state index contributed by atoms with van der Waals surface area (Å²) in [7, 11) is 0. The smallest absolute Gasteiger partial charge is 0.0529 e. The Kier molecular flexibility index (Phi) is 2.67. The maximum atomic E-state index is 4.77. The highest BCUT2D eigenvalue weighted by Crippen LogP contribution is 2.23. The van der Waals surface area contributed by atoms with Gasteiger partial charge in [-0.1, -0.05) is 44.2 Å². The molecule has 1 nitrogen and oxygen atoms in total. The van der Waals surface area contributed by atoms with E-state index in [0.717, 1.165) is 6.42 Å². The summed E-state index contributed by atoms with van der Waals surface area (Å²) in [6, 6.07) is 11.1. The fraction of sp³-hybridized carbons (Fsp3) is 0.462. The van der Waals surface area contributed by atoms with Crippen LogP contribution in [0, 0.1) is 5.92 Å². The molecule has 0 bridgehead atoms.